The third-order valence-electron chi connectivity index (χ3n) is 6.63. The summed E-state index contributed by atoms with van der Waals surface area (Å²) in [4.78, 5) is 12.8. The molecule has 32 heavy (non-hydrogen) atoms. The van der Waals surface area contributed by atoms with E-state index < -0.39 is 0 Å². The predicted molar refractivity (Wildman–Crippen MR) is 126 cm³/mol. The van der Waals surface area contributed by atoms with Crippen molar-refractivity contribution in [3.63, 3.8) is 0 Å². The van der Waals surface area contributed by atoms with Crippen molar-refractivity contribution < 1.29 is 0 Å². The number of imidazole rings is 1. The Hall–Kier alpha value is -3.45. The van der Waals surface area contributed by atoms with Crippen LogP contribution in [-0.2, 0) is 6.42 Å². The lowest BCUT2D eigenvalue weighted by Crippen LogP contribution is -2.27. The number of fused-ring (bicyclic) bond motifs is 2. The molecule has 162 valence electrons. The molecular weight excluding hydrogens is 398 g/mol. The molecule has 4 aromatic rings. The molecule has 3 N–H and O–H groups in total. The summed E-state index contributed by atoms with van der Waals surface area (Å²) < 4.78 is 2.10. The molecule has 7 heteroatoms. The Morgan fingerprint density at radius 3 is 2.75 bits per heavy atom. The molecule has 1 aliphatic heterocycles. The van der Waals surface area contributed by atoms with Gasteiger partial charge in [0.05, 0.1) is 35.1 Å². The normalized spacial score (nSPS) is 17.2. The zero-order chi connectivity index (χ0) is 21.7. The van der Waals surface area contributed by atoms with Crippen LogP contribution in [0.1, 0.15) is 48.3 Å². The van der Waals surface area contributed by atoms with Gasteiger partial charge in [0, 0.05) is 40.9 Å². The van der Waals surface area contributed by atoms with E-state index in [0.29, 0.717) is 5.92 Å². The van der Waals surface area contributed by atoms with Crippen molar-refractivity contribution in [1.29, 1.82) is 0 Å². The first-order valence-corrected chi connectivity index (χ1v) is 11.3. The highest BCUT2D eigenvalue weighted by molar-refractivity contribution is 5.92. The van der Waals surface area contributed by atoms with Crippen LogP contribution in [0.4, 0.5) is 0 Å². The molecule has 2 aliphatic rings. The maximum absolute atomic E-state index is 4.74. The van der Waals surface area contributed by atoms with Crippen LogP contribution >= 0.6 is 0 Å². The largest absolute Gasteiger partial charge is 0.356 e. The number of hydrogen-bond donors (Lipinski definition) is 3. The van der Waals surface area contributed by atoms with Crippen molar-refractivity contribution in [2.24, 2.45) is 0 Å². The van der Waals surface area contributed by atoms with Gasteiger partial charge in [0.25, 0.3) is 0 Å². The third kappa shape index (κ3) is 3.29. The van der Waals surface area contributed by atoms with E-state index in [1.165, 1.54) is 22.5 Å². The minimum Gasteiger partial charge on any atom is -0.356 e. The van der Waals surface area contributed by atoms with Crippen molar-refractivity contribution in [2.45, 2.75) is 39.0 Å². The summed E-state index contributed by atoms with van der Waals surface area (Å²) in [5.74, 6) is 0.510. The van der Waals surface area contributed by atoms with E-state index in [2.05, 4.69) is 67.5 Å². The second kappa shape index (κ2) is 7.60. The van der Waals surface area contributed by atoms with Gasteiger partial charge in [0.1, 0.15) is 5.69 Å². The maximum Gasteiger partial charge on any atom is 0.116 e. The second-order valence-corrected chi connectivity index (χ2v) is 8.99. The van der Waals surface area contributed by atoms with Crippen molar-refractivity contribution >= 4 is 16.6 Å². The van der Waals surface area contributed by atoms with Crippen LogP contribution < -0.4 is 5.32 Å². The molecule has 0 bridgehead atoms. The zero-order valence-electron chi connectivity index (χ0n) is 18.4. The molecule has 4 aromatic heterocycles. The van der Waals surface area contributed by atoms with Gasteiger partial charge in [-0.1, -0.05) is 11.6 Å². The number of pyridine rings is 1. The van der Waals surface area contributed by atoms with E-state index in [4.69, 9.17) is 4.98 Å². The van der Waals surface area contributed by atoms with Gasteiger partial charge < -0.3 is 14.9 Å². The van der Waals surface area contributed by atoms with Gasteiger partial charge in [0.2, 0.25) is 0 Å². The predicted octanol–water partition coefficient (Wildman–Crippen LogP) is 4.32. The SMILES string of the molecule is CC1=CC=C(n2cnc(C)c2)c2cc(-c3n[nH]c4cnc(C5CCNCC5)cc34)[nH]c2C1. The minimum absolute atomic E-state index is 0.510. The summed E-state index contributed by atoms with van der Waals surface area (Å²) in [6.45, 7) is 6.30. The number of nitrogens with zero attached hydrogens (tertiary/aromatic N) is 4. The highest BCUT2D eigenvalue weighted by Gasteiger charge is 2.21. The Labute approximate surface area is 186 Å². The second-order valence-electron chi connectivity index (χ2n) is 8.99. The van der Waals surface area contributed by atoms with E-state index >= 15 is 0 Å². The molecule has 5 heterocycles. The van der Waals surface area contributed by atoms with Gasteiger partial charge in [-0.25, -0.2) is 4.98 Å². The molecular formula is C25H27N7. The molecule has 1 saturated heterocycles. The quantitative estimate of drug-likeness (QED) is 0.456. The Morgan fingerprint density at radius 2 is 1.94 bits per heavy atom. The average molecular weight is 426 g/mol. The molecule has 0 aromatic carbocycles. The van der Waals surface area contributed by atoms with Gasteiger partial charge in [-0.3, -0.25) is 10.1 Å². The summed E-state index contributed by atoms with van der Waals surface area (Å²) in [7, 11) is 0. The lowest BCUT2D eigenvalue weighted by Gasteiger charge is -2.22. The van der Waals surface area contributed by atoms with Crippen molar-refractivity contribution in [3.8, 4) is 11.4 Å². The lowest BCUT2D eigenvalue weighted by atomic mass is 9.93. The molecule has 0 spiro atoms. The van der Waals surface area contributed by atoms with Crippen molar-refractivity contribution in [1.82, 2.24) is 35.0 Å². The fraction of sp³-hybridized carbons (Fsp3) is 0.320. The number of aryl methyl sites for hydroxylation is 1. The van der Waals surface area contributed by atoms with Crippen LogP contribution in [0.2, 0.25) is 0 Å². The topological polar surface area (TPSA) is 87.2 Å². The van der Waals surface area contributed by atoms with E-state index in [1.807, 2.05) is 19.4 Å². The maximum atomic E-state index is 4.74. The van der Waals surface area contributed by atoms with Crippen molar-refractivity contribution in [2.75, 3.05) is 13.1 Å². The van der Waals surface area contributed by atoms with Gasteiger partial charge in [-0.2, -0.15) is 5.10 Å². The van der Waals surface area contributed by atoms with Crippen LogP contribution in [0, 0.1) is 6.92 Å². The number of nitrogens with one attached hydrogen (secondary N) is 3. The summed E-state index contributed by atoms with van der Waals surface area (Å²) in [6, 6.07) is 4.46. The van der Waals surface area contributed by atoms with Gasteiger partial charge in [-0.15, -0.1) is 0 Å². The third-order valence-corrected chi connectivity index (χ3v) is 6.63. The van der Waals surface area contributed by atoms with E-state index in [-0.39, 0.29) is 0 Å². The zero-order valence-corrected chi connectivity index (χ0v) is 18.4. The Morgan fingerprint density at radius 1 is 1.06 bits per heavy atom. The van der Waals surface area contributed by atoms with Crippen LogP contribution in [0.5, 0.6) is 0 Å². The monoisotopic (exact) mass is 425 g/mol. The molecule has 6 rings (SSSR count). The molecule has 1 aliphatic carbocycles. The number of hydrogen-bond acceptors (Lipinski definition) is 4. The van der Waals surface area contributed by atoms with E-state index in [0.717, 1.165) is 66.0 Å². The number of aromatic amines is 2. The standard InChI is InChI=1S/C25H27N7/c1-15-3-4-24(32-13-16(2)28-14-32)18-10-22(29-21(18)9-15)25-19-11-20(17-5-7-26-8-6-17)27-12-23(19)30-31-25/h3-4,10-14,17,26,29H,5-9H2,1-2H3,(H,30,31). The Balaban J connectivity index is 1.44. The average Bonchev–Trinajstić information content (AvgIpc) is 3.51. The Bertz CT molecular complexity index is 1360. The molecule has 0 saturated carbocycles. The smallest absolute Gasteiger partial charge is 0.116 e. The fourth-order valence-corrected chi connectivity index (χ4v) is 4.90. The van der Waals surface area contributed by atoms with E-state index in [9.17, 15) is 0 Å². The molecule has 1 fully saturated rings. The first-order valence-electron chi connectivity index (χ1n) is 11.3. The highest BCUT2D eigenvalue weighted by atomic mass is 15.1. The van der Waals surface area contributed by atoms with E-state index in [1.54, 1.807) is 0 Å². The number of allylic oxidation sites excluding steroid dienone is 3. The van der Waals surface area contributed by atoms with Crippen molar-refractivity contribution in [3.05, 3.63) is 71.2 Å². The highest BCUT2D eigenvalue weighted by Crippen LogP contribution is 2.34. The van der Waals surface area contributed by atoms with Gasteiger partial charge in [0.15, 0.2) is 0 Å². The number of aromatic nitrogens is 6. The van der Waals surface area contributed by atoms with Crippen LogP contribution in [0.15, 0.2) is 48.6 Å². The molecule has 7 nitrogen and oxygen atoms in total. The first-order chi connectivity index (χ1) is 15.7. The van der Waals surface area contributed by atoms with Gasteiger partial charge >= 0.3 is 0 Å². The number of rotatable bonds is 3. The minimum atomic E-state index is 0.510. The number of H-pyrrole nitrogens is 2. The van der Waals surface area contributed by atoms with Gasteiger partial charge in [-0.05, 0) is 58.0 Å². The van der Waals surface area contributed by atoms with Crippen LogP contribution in [0.25, 0.3) is 28.0 Å². The number of piperidine rings is 1. The summed E-state index contributed by atoms with van der Waals surface area (Å²) in [5, 5.41) is 12.4. The summed E-state index contributed by atoms with van der Waals surface area (Å²) in [6.07, 6.45) is 13.4. The van der Waals surface area contributed by atoms with Crippen LogP contribution in [0.3, 0.4) is 0 Å². The fourth-order valence-electron chi connectivity index (χ4n) is 4.90. The lowest BCUT2D eigenvalue weighted by molar-refractivity contribution is 0.453. The molecule has 0 radical (unpaired) electrons. The molecule has 0 atom stereocenters. The summed E-state index contributed by atoms with van der Waals surface area (Å²) in [5.41, 5.74) is 9.95. The summed E-state index contributed by atoms with van der Waals surface area (Å²) >= 11 is 0. The first kappa shape index (κ1) is 19.3. The Kier molecular flexibility index (Phi) is 4.57. The molecule has 0 amide bonds. The molecule has 0 unspecified atom stereocenters. The van der Waals surface area contributed by atoms with Crippen LogP contribution in [-0.4, -0.2) is 42.8 Å².